The zero-order valence-electron chi connectivity index (χ0n) is 5.17. The standard InChI is InChI=1S/C7H6FNS/c8-7-3-6(9)2-1-5(7)4-10/h1-4H,9H2. The molecule has 0 amide bonds. The molecule has 1 aromatic rings. The minimum absolute atomic E-state index is 0.366. The Morgan fingerprint density at radius 2 is 2.20 bits per heavy atom. The van der Waals surface area contributed by atoms with E-state index in [-0.39, 0.29) is 5.82 Å². The van der Waals surface area contributed by atoms with Gasteiger partial charge >= 0.3 is 0 Å². The molecule has 0 radical (unpaired) electrons. The average Bonchev–Trinajstić information content (AvgIpc) is 1.88. The van der Waals surface area contributed by atoms with Crippen LogP contribution in [0.5, 0.6) is 0 Å². The van der Waals surface area contributed by atoms with Crippen LogP contribution >= 0.6 is 12.2 Å². The molecule has 1 rings (SSSR count). The third-order valence-corrected chi connectivity index (χ3v) is 1.41. The summed E-state index contributed by atoms with van der Waals surface area (Å²) in [5.41, 5.74) is 6.12. The lowest BCUT2D eigenvalue weighted by molar-refractivity contribution is 0.627. The summed E-state index contributed by atoms with van der Waals surface area (Å²) in [5.74, 6) is -0.366. The zero-order valence-corrected chi connectivity index (χ0v) is 5.99. The highest BCUT2D eigenvalue weighted by atomic mass is 32.1. The summed E-state index contributed by atoms with van der Waals surface area (Å²) in [6.45, 7) is 0. The third kappa shape index (κ3) is 1.30. The Morgan fingerprint density at radius 1 is 1.50 bits per heavy atom. The van der Waals surface area contributed by atoms with E-state index in [1.165, 1.54) is 11.4 Å². The second-order valence-corrected chi connectivity index (χ2v) is 2.13. The molecule has 1 nitrogen and oxygen atoms in total. The minimum atomic E-state index is -0.366. The lowest BCUT2D eigenvalue weighted by Crippen LogP contribution is -1.90. The molecule has 0 aliphatic heterocycles. The first-order valence-corrected chi connectivity index (χ1v) is 3.21. The average molecular weight is 155 g/mol. The summed E-state index contributed by atoms with van der Waals surface area (Å²) in [6, 6.07) is 4.41. The summed E-state index contributed by atoms with van der Waals surface area (Å²) in [6.07, 6.45) is 0. The molecule has 2 N–H and O–H groups in total. The largest absolute Gasteiger partial charge is 0.399 e. The predicted octanol–water partition coefficient (Wildman–Crippen LogP) is 1.76. The Bertz CT molecular complexity index is 260. The predicted molar refractivity (Wildman–Crippen MR) is 43.6 cm³/mol. The van der Waals surface area contributed by atoms with E-state index in [2.05, 4.69) is 12.2 Å². The monoisotopic (exact) mass is 155 g/mol. The maximum Gasteiger partial charge on any atom is 0.133 e. The van der Waals surface area contributed by atoms with Gasteiger partial charge in [-0.1, -0.05) is 12.2 Å². The number of halogens is 1. The minimum Gasteiger partial charge on any atom is -0.399 e. The number of anilines is 1. The van der Waals surface area contributed by atoms with Crippen LogP contribution in [0.3, 0.4) is 0 Å². The van der Waals surface area contributed by atoms with Crippen LogP contribution in [0, 0.1) is 5.82 Å². The van der Waals surface area contributed by atoms with E-state index in [4.69, 9.17) is 5.73 Å². The van der Waals surface area contributed by atoms with Gasteiger partial charge in [-0.15, -0.1) is 0 Å². The Hall–Kier alpha value is -0.960. The quantitative estimate of drug-likeness (QED) is 0.494. The van der Waals surface area contributed by atoms with Gasteiger partial charge in [0.1, 0.15) is 5.82 Å². The van der Waals surface area contributed by atoms with E-state index in [0.29, 0.717) is 11.3 Å². The molecule has 0 aliphatic rings. The summed E-state index contributed by atoms with van der Waals surface area (Å²) in [7, 11) is 0. The molecule has 0 spiro atoms. The van der Waals surface area contributed by atoms with Crippen LogP contribution in [-0.4, -0.2) is 5.37 Å². The van der Waals surface area contributed by atoms with Crippen molar-refractivity contribution in [2.75, 3.05) is 5.73 Å². The highest BCUT2D eigenvalue weighted by Crippen LogP contribution is 2.09. The maximum atomic E-state index is 12.7. The van der Waals surface area contributed by atoms with Crippen molar-refractivity contribution in [1.29, 1.82) is 0 Å². The van der Waals surface area contributed by atoms with Crippen molar-refractivity contribution in [3.05, 3.63) is 29.6 Å². The normalized spacial score (nSPS) is 9.30. The Morgan fingerprint density at radius 3 is 2.70 bits per heavy atom. The second-order valence-electron chi connectivity index (χ2n) is 1.90. The molecule has 0 bridgehead atoms. The van der Waals surface area contributed by atoms with E-state index in [0.717, 1.165) is 0 Å². The van der Waals surface area contributed by atoms with Crippen molar-refractivity contribution in [3.63, 3.8) is 0 Å². The molecule has 0 fully saturated rings. The molecule has 3 heteroatoms. The Balaban J connectivity index is 3.19. The number of nitrogen functional groups attached to an aromatic ring is 1. The van der Waals surface area contributed by atoms with E-state index in [9.17, 15) is 4.39 Å². The number of hydrogen-bond donors (Lipinski definition) is 1. The van der Waals surface area contributed by atoms with Gasteiger partial charge in [0.05, 0.1) is 0 Å². The van der Waals surface area contributed by atoms with E-state index in [1.807, 2.05) is 0 Å². The molecule has 52 valence electrons. The van der Waals surface area contributed by atoms with Gasteiger partial charge in [0, 0.05) is 16.6 Å². The van der Waals surface area contributed by atoms with Crippen LogP contribution < -0.4 is 5.73 Å². The van der Waals surface area contributed by atoms with Crippen LogP contribution in [0.15, 0.2) is 18.2 Å². The third-order valence-electron chi connectivity index (χ3n) is 1.15. The number of thiocarbonyl (C=S) groups is 1. The van der Waals surface area contributed by atoms with Crippen molar-refractivity contribution in [2.24, 2.45) is 0 Å². The summed E-state index contributed by atoms with van der Waals surface area (Å²) >= 11 is 4.54. The van der Waals surface area contributed by atoms with E-state index in [1.54, 1.807) is 12.1 Å². The fourth-order valence-electron chi connectivity index (χ4n) is 0.639. The van der Waals surface area contributed by atoms with Gasteiger partial charge < -0.3 is 5.73 Å². The molecule has 0 aliphatic carbocycles. The van der Waals surface area contributed by atoms with Gasteiger partial charge in [0.2, 0.25) is 0 Å². The fraction of sp³-hybridized carbons (Fsp3) is 0. The first-order valence-electron chi connectivity index (χ1n) is 2.74. The van der Waals surface area contributed by atoms with Gasteiger partial charge in [0.25, 0.3) is 0 Å². The molecular formula is C7H6FNS. The Labute approximate surface area is 63.7 Å². The van der Waals surface area contributed by atoms with Crippen molar-refractivity contribution in [1.82, 2.24) is 0 Å². The summed E-state index contributed by atoms with van der Waals surface area (Å²) < 4.78 is 12.7. The molecule has 0 unspecified atom stereocenters. The van der Waals surface area contributed by atoms with E-state index >= 15 is 0 Å². The molecule has 1 aromatic carbocycles. The lowest BCUT2D eigenvalue weighted by atomic mass is 10.2. The van der Waals surface area contributed by atoms with Crippen molar-refractivity contribution in [3.8, 4) is 0 Å². The fourth-order valence-corrected chi connectivity index (χ4v) is 0.830. The highest BCUT2D eigenvalue weighted by molar-refractivity contribution is 7.79. The second kappa shape index (κ2) is 2.75. The molecule has 0 aromatic heterocycles. The van der Waals surface area contributed by atoms with Gasteiger partial charge in [-0.25, -0.2) is 4.39 Å². The van der Waals surface area contributed by atoms with Crippen molar-refractivity contribution in [2.45, 2.75) is 0 Å². The first kappa shape index (κ1) is 7.15. The van der Waals surface area contributed by atoms with Crippen LogP contribution in [-0.2, 0) is 0 Å². The molecule has 0 saturated carbocycles. The number of benzene rings is 1. The number of nitrogens with two attached hydrogens (primary N) is 1. The Kier molecular flexibility index (Phi) is 1.97. The van der Waals surface area contributed by atoms with Crippen LogP contribution in [0.25, 0.3) is 0 Å². The highest BCUT2D eigenvalue weighted by Gasteiger charge is 1.96. The number of hydrogen-bond acceptors (Lipinski definition) is 2. The van der Waals surface area contributed by atoms with Gasteiger partial charge in [0.15, 0.2) is 0 Å². The summed E-state index contributed by atoms with van der Waals surface area (Å²) in [4.78, 5) is 0. The first-order chi connectivity index (χ1) is 4.74. The molecule has 0 saturated heterocycles. The summed E-state index contributed by atoms with van der Waals surface area (Å²) in [5, 5.41) is 1.29. The number of rotatable bonds is 1. The maximum absolute atomic E-state index is 12.7. The zero-order chi connectivity index (χ0) is 7.56. The lowest BCUT2D eigenvalue weighted by Gasteiger charge is -1.95. The molecule has 0 heterocycles. The van der Waals surface area contributed by atoms with Crippen LogP contribution in [0.4, 0.5) is 10.1 Å². The molecule has 10 heavy (non-hydrogen) atoms. The van der Waals surface area contributed by atoms with Crippen LogP contribution in [0.1, 0.15) is 5.56 Å². The van der Waals surface area contributed by atoms with Crippen LogP contribution in [0.2, 0.25) is 0 Å². The topological polar surface area (TPSA) is 26.0 Å². The van der Waals surface area contributed by atoms with Crippen molar-refractivity contribution < 1.29 is 4.39 Å². The molecule has 0 atom stereocenters. The SMILES string of the molecule is Nc1ccc(C=S)c(F)c1. The van der Waals surface area contributed by atoms with Gasteiger partial charge in [-0.05, 0) is 18.2 Å². The van der Waals surface area contributed by atoms with Crippen molar-refractivity contribution >= 4 is 23.3 Å². The van der Waals surface area contributed by atoms with Gasteiger partial charge in [-0.3, -0.25) is 0 Å². The van der Waals surface area contributed by atoms with E-state index < -0.39 is 0 Å². The molecular weight excluding hydrogens is 149 g/mol. The smallest absolute Gasteiger partial charge is 0.133 e. The van der Waals surface area contributed by atoms with Gasteiger partial charge in [-0.2, -0.15) is 0 Å².